The second-order valence-electron chi connectivity index (χ2n) is 6.64. The number of fused-ring (bicyclic) bond motifs is 1. The predicted molar refractivity (Wildman–Crippen MR) is 106 cm³/mol. The van der Waals surface area contributed by atoms with Gasteiger partial charge >= 0.3 is 6.18 Å². The lowest BCUT2D eigenvalue weighted by molar-refractivity contribution is -0.137. The number of oxazole rings is 1. The Morgan fingerprint density at radius 3 is 2.52 bits per heavy atom. The number of alkyl halides is 3. The third-order valence-corrected chi connectivity index (χ3v) is 6.28. The Hall–Kier alpha value is -3.40. The van der Waals surface area contributed by atoms with Crippen LogP contribution in [0.5, 0.6) is 5.75 Å². The Morgan fingerprint density at radius 1 is 1.03 bits per heavy atom. The van der Waals surface area contributed by atoms with Gasteiger partial charge in [0.1, 0.15) is 17.8 Å². The van der Waals surface area contributed by atoms with Crippen molar-refractivity contribution in [3.8, 4) is 17.0 Å². The molecule has 0 radical (unpaired) electrons. The van der Waals surface area contributed by atoms with Gasteiger partial charge in [0.15, 0.2) is 9.84 Å². The topological polar surface area (TPSA) is 82.3 Å². The molecule has 0 fully saturated rings. The molecule has 0 aliphatic heterocycles. The molecule has 0 N–H and O–H groups in total. The van der Waals surface area contributed by atoms with Crippen LogP contribution in [0.2, 0.25) is 0 Å². The van der Waals surface area contributed by atoms with Gasteiger partial charge in [-0.25, -0.2) is 13.4 Å². The van der Waals surface area contributed by atoms with Crippen LogP contribution in [0.15, 0.2) is 70.4 Å². The minimum absolute atomic E-state index is 0.00965. The van der Waals surface area contributed by atoms with Gasteiger partial charge in [0.25, 0.3) is 0 Å². The first-order valence-electron chi connectivity index (χ1n) is 8.94. The summed E-state index contributed by atoms with van der Waals surface area (Å²) in [5, 5.41) is 1.12. The zero-order chi connectivity index (χ0) is 22.2. The number of ether oxygens (including phenoxy) is 1. The number of rotatable bonds is 5. The van der Waals surface area contributed by atoms with E-state index in [2.05, 4.69) is 9.97 Å². The summed E-state index contributed by atoms with van der Waals surface area (Å²) < 4.78 is 74.7. The molecule has 31 heavy (non-hydrogen) atoms. The first-order chi connectivity index (χ1) is 14.7. The van der Waals surface area contributed by atoms with Gasteiger partial charge in [0.05, 0.1) is 29.5 Å². The molecule has 0 amide bonds. The van der Waals surface area contributed by atoms with Crippen LogP contribution < -0.4 is 4.74 Å². The third kappa shape index (κ3) is 4.11. The number of methoxy groups -OCH3 is 1. The highest BCUT2D eigenvalue weighted by Gasteiger charge is 2.31. The molecule has 6 nitrogen and oxygen atoms in total. The Kier molecular flexibility index (Phi) is 5.18. The SMILES string of the molecule is COc1cc(C(F)(F)F)ccc1-c1nccc2cc(S(=O)(=O)Cc3ncco3)ccc12. The molecule has 2 aromatic heterocycles. The van der Waals surface area contributed by atoms with Crippen LogP contribution in [0.3, 0.4) is 0 Å². The molecule has 4 aromatic rings. The van der Waals surface area contributed by atoms with Crippen molar-refractivity contribution in [3.05, 3.63) is 72.6 Å². The van der Waals surface area contributed by atoms with E-state index in [0.717, 1.165) is 12.1 Å². The molecular formula is C21H15F3N2O4S. The minimum Gasteiger partial charge on any atom is -0.496 e. The van der Waals surface area contributed by atoms with E-state index in [1.54, 1.807) is 12.1 Å². The fourth-order valence-corrected chi connectivity index (χ4v) is 4.41. The smallest absolute Gasteiger partial charge is 0.416 e. The van der Waals surface area contributed by atoms with E-state index in [1.165, 1.54) is 44.0 Å². The fourth-order valence-electron chi connectivity index (χ4n) is 3.20. The van der Waals surface area contributed by atoms with Crippen molar-refractivity contribution in [3.63, 3.8) is 0 Å². The van der Waals surface area contributed by atoms with Gasteiger partial charge in [0.2, 0.25) is 5.89 Å². The van der Waals surface area contributed by atoms with Gasteiger partial charge < -0.3 is 9.15 Å². The predicted octanol–water partition coefficient (Wildman–Crippen LogP) is 4.89. The number of hydrogen-bond donors (Lipinski definition) is 0. The van der Waals surface area contributed by atoms with E-state index in [4.69, 9.17) is 9.15 Å². The largest absolute Gasteiger partial charge is 0.496 e. The Labute approximate surface area is 175 Å². The summed E-state index contributed by atoms with van der Waals surface area (Å²) in [6, 6.07) is 9.24. The summed E-state index contributed by atoms with van der Waals surface area (Å²) in [7, 11) is -2.44. The molecule has 160 valence electrons. The fraction of sp³-hybridized carbons (Fsp3) is 0.143. The molecule has 0 aliphatic carbocycles. The lowest BCUT2D eigenvalue weighted by Crippen LogP contribution is -2.06. The molecule has 0 spiro atoms. The number of aromatic nitrogens is 2. The van der Waals surface area contributed by atoms with Crippen LogP contribution in [0, 0.1) is 0 Å². The van der Waals surface area contributed by atoms with Crippen LogP contribution in [-0.2, 0) is 21.8 Å². The number of pyridine rings is 1. The second kappa shape index (κ2) is 7.69. The highest BCUT2D eigenvalue weighted by molar-refractivity contribution is 7.90. The van der Waals surface area contributed by atoms with Gasteiger partial charge in [-0.2, -0.15) is 13.2 Å². The highest BCUT2D eigenvalue weighted by Crippen LogP contribution is 2.38. The molecule has 0 atom stereocenters. The number of hydrogen-bond acceptors (Lipinski definition) is 6. The molecule has 10 heteroatoms. The van der Waals surface area contributed by atoms with Crippen molar-refractivity contribution in [1.82, 2.24) is 9.97 Å². The summed E-state index contributed by atoms with van der Waals surface area (Å²) in [6.45, 7) is 0. The zero-order valence-corrected chi connectivity index (χ0v) is 16.9. The first kappa shape index (κ1) is 20.9. The van der Waals surface area contributed by atoms with Crippen molar-refractivity contribution in [1.29, 1.82) is 0 Å². The first-order valence-corrected chi connectivity index (χ1v) is 10.6. The van der Waals surface area contributed by atoms with Gasteiger partial charge in [-0.05, 0) is 41.8 Å². The van der Waals surface area contributed by atoms with E-state index in [0.29, 0.717) is 22.0 Å². The van der Waals surface area contributed by atoms with Crippen molar-refractivity contribution in [2.75, 3.05) is 7.11 Å². The van der Waals surface area contributed by atoms with Crippen molar-refractivity contribution >= 4 is 20.6 Å². The van der Waals surface area contributed by atoms with Crippen LogP contribution >= 0.6 is 0 Å². The molecule has 0 bridgehead atoms. The van der Waals surface area contributed by atoms with Gasteiger partial charge in [-0.1, -0.05) is 6.07 Å². The number of halogens is 3. The molecule has 0 saturated heterocycles. The van der Waals surface area contributed by atoms with Crippen molar-refractivity contribution < 1.29 is 30.7 Å². The summed E-state index contributed by atoms with van der Waals surface area (Å²) in [5.74, 6) is -0.309. The summed E-state index contributed by atoms with van der Waals surface area (Å²) >= 11 is 0. The Morgan fingerprint density at radius 2 is 1.84 bits per heavy atom. The van der Waals surface area contributed by atoms with E-state index >= 15 is 0 Å². The molecule has 2 aromatic carbocycles. The lowest BCUT2D eigenvalue weighted by Gasteiger charge is -2.14. The monoisotopic (exact) mass is 448 g/mol. The highest BCUT2D eigenvalue weighted by atomic mass is 32.2. The zero-order valence-electron chi connectivity index (χ0n) is 16.1. The van der Waals surface area contributed by atoms with E-state index in [9.17, 15) is 21.6 Å². The molecule has 4 rings (SSSR count). The second-order valence-corrected chi connectivity index (χ2v) is 8.63. The average Bonchev–Trinajstić information content (AvgIpc) is 3.24. The molecular weight excluding hydrogens is 433 g/mol. The number of benzene rings is 2. The third-order valence-electron chi connectivity index (χ3n) is 4.68. The number of sulfone groups is 1. The number of nitrogens with zero attached hydrogens (tertiary/aromatic N) is 2. The summed E-state index contributed by atoms with van der Waals surface area (Å²) in [6.07, 6.45) is -0.398. The van der Waals surface area contributed by atoms with Crippen LogP contribution in [0.1, 0.15) is 11.5 Å². The molecule has 0 aliphatic rings. The van der Waals surface area contributed by atoms with Gasteiger partial charge in [0, 0.05) is 17.1 Å². The normalized spacial score (nSPS) is 12.3. The van der Waals surface area contributed by atoms with Crippen LogP contribution in [-0.4, -0.2) is 25.5 Å². The van der Waals surface area contributed by atoms with Crippen molar-refractivity contribution in [2.24, 2.45) is 0 Å². The molecule has 2 heterocycles. The maximum atomic E-state index is 13.0. The van der Waals surface area contributed by atoms with E-state index < -0.39 is 27.3 Å². The quantitative estimate of drug-likeness (QED) is 0.432. The lowest BCUT2D eigenvalue weighted by atomic mass is 10.0. The van der Waals surface area contributed by atoms with E-state index in [-0.39, 0.29) is 16.5 Å². The van der Waals surface area contributed by atoms with Gasteiger partial charge in [-0.15, -0.1) is 0 Å². The summed E-state index contributed by atoms with van der Waals surface area (Å²) in [5.41, 5.74) is -0.107. The molecule has 0 unspecified atom stereocenters. The van der Waals surface area contributed by atoms with Crippen molar-refractivity contribution in [2.45, 2.75) is 16.8 Å². The average molecular weight is 448 g/mol. The maximum absolute atomic E-state index is 13.0. The van der Waals surface area contributed by atoms with Crippen LogP contribution in [0.25, 0.3) is 22.0 Å². The minimum atomic E-state index is -4.51. The van der Waals surface area contributed by atoms with Gasteiger partial charge in [-0.3, -0.25) is 4.98 Å². The Balaban J connectivity index is 1.79. The Bertz CT molecular complexity index is 1350. The van der Waals surface area contributed by atoms with E-state index in [1.807, 2.05) is 0 Å². The molecule has 0 saturated carbocycles. The standard InChI is InChI=1S/C21H15F3N2O4S/c1-29-18-11-14(21(22,23)24)2-4-17(18)20-16-5-3-15(10-13(16)6-7-26-20)31(27,28)12-19-25-8-9-30-19/h2-11H,12H2,1H3. The van der Waals surface area contributed by atoms with Crippen LogP contribution in [0.4, 0.5) is 13.2 Å². The maximum Gasteiger partial charge on any atom is 0.416 e. The summed E-state index contributed by atoms with van der Waals surface area (Å²) in [4.78, 5) is 8.20.